The molecule has 2 heterocycles. The Labute approximate surface area is 178 Å². The van der Waals surface area contributed by atoms with Gasteiger partial charge < -0.3 is 9.30 Å². The van der Waals surface area contributed by atoms with Crippen molar-refractivity contribution in [3.05, 3.63) is 48.3 Å². The molecule has 0 N–H and O–H groups in total. The Bertz CT molecular complexity index is 1230. The highest BCUT2D eigenvalue weighted by Gasteiger charge is 2.34. The van der Waals surface area contributed by atoms with E-state index in [-0.39, 0.29) is 11.5 Å². The number of aromatic nitrogens is 3. The Hall–Kier alpha value is -3.09. The highest BCUT2D eigenvalue weighted by atomic mass is 32.2. The zero-order valence-electron chi connectivity index (χ0n) is 16.5. The van der Waals surface area contributed by atoms with E-state index in [2.05, 4.69) is 14.7 Å². The van der Waals surface area contributed by atoms with Crippen LogP contribution in [-0.2, 0) is 23.1 Å². The van der Waals surface area contributed by atoms with Gasteiger partial charge in [0.2, 0.25) is 0 Å². The van der Waals surface area contributed by atoms with Crippen LogP contribution in [0.5, 0.6) is 5.75 Å². The topological polar surface area (TPSA) is 74.1 Å². The Balaban J connectivity index is 2.08. The standard InChI is InChI=1S/C19H15F6N3O3S/c1-3-32(29,30)15-8-12(18(20,21)22)9-26-16(15)17-27-10-14(28(17)2)11-4-6-13(7-5-11)31-19(23,24)25/h4-10H,3H2,1-2H3. The molecule has 1 aromatic carbocycles. The van der Waals surface area contributed by atoms with E-state index in [0.717, 1.165) is 12.1 Å². The highest BCUT2D eigenvalue weighted by molar-refractivity contribution is 7.91. The summed E-state index contributed by atoms with van der Waals surface area (Å²) < 4.78 is 106. The number of sulfone groups is 1. The zero-order valence-corrected chi connectivity index (χ0v) is 17.3. The molecule has 2 aromatic heterocycles. The predicted octanol–water partition coefficient (Wildman–Crippen LogP) is 4.86. The third-order valence-corrected chi connectivity index (χ3v) is 6.22. The molecule has 0 aliphatic heterocycles. The molecule has 0 aliphatic carbocycles. The fourth-order valence-electron chi connectivity index (χ4n) is 2.89. The number of nitrogens with zero attached hydrogens (tertiary/aromatic N) is 3. The number of benzene rings is 1. The van der Waals surface area contributed by atoms with Crippen LogP contribution in [0.15, 0.2) is 47.6 Å². The molecule has 3 rings (SSSR count). The van der Waals surface area contributed by atoms with Crippen LogP contribution in [0.25, 0.3) is 22.8 Å². The van der Waals surface area contributed by atoms with Crippen LogP contribution in [0.2, 0.25) is 0 Å². The fraction of sp³-hybridized carbons (Fsp3) is 0.263. The summed E-state index contributed by atoms with van der Waals surface area (Å²) in [6.07, 6.45) is -7.83. The van der Waals surface area contributed by atoms with Crippen LogP contribution in [-0.4, -0.2) is 35.1 Å². The maximum atomic E-state index is 13.1. The van der Waals surface area contributed by atoms with Gasteiger partial charge in [-0.2, -0.15) is 13.2 Å². The van der Waals surface area contributed by atoms with E-state index in [9.17, 15) is 34.8 Å². The number of halogens is 6. The summed E-state index contributed by atoms with van der Waals surface area (Å²) in [4.78, 5) is 7.19. The van der Waals surface area contributed by atoms with Crippen molar-refractivity contribution in [1.82, 2.24) is 14.5 Å². The summed E-state index contributed by atoms with van der Waals surface area (Å²) >= 11 is 0. The van der Waals surface area contributed by atoms with E-state index in [1.54, 1.807) is 0 Å². The second kappa shape index (κ2) is 8.11. The number of rotatable bonds is 5. The first-order valence-corrected chi connectivity index (χ1v) is 10.6. The predicted molar refractivity (Wildman–Crippen MR) is 101 cm³/mol. The number of alkyl halides is 6. The minimum Gasteiger partial charge on any atom is -0.406 e. The lowest BCUT2D eigenvalue weighted by Crippen LogP contribution is -2.16. The Morgan fingerprint density at radius 1 is 1.00 bits per heavy atom. The maximum Gasteiger partial charge on any atom is 0.573 e. The van der Waals surface area contributed by atoms with Gasteiger partial charge in [0.05, 0.1) is 28.1 Å². The van der Waals surface area contributed by atoms with Crippen LogP contribution in [0, 0.1) is 0 Å². The molecule has 6 nitrogen and oxygen atoms in total. The van der Waals surface area contributed by atoms with Gasteiger partial charge in [0, 0.05) is 18.8 Å². The third kappa shape index (κ3) is 4.87. The highest BCUT2D eigenvalue weighted by Crippen LogP contribution is 2.35. The van der Waals surface area contributed by atoms with Crippen LogP contribution >= 0.6 is 0 Å². The van der Waals surface area contributed by atoms with E-state index in [1.165, 1.54) is 36.9 Å². The van der Waals surface area contributed by atoms with Gasteiger partial charge in [-0.1, -0.05) is 6.92 Å². The second-order valence-corrected chi connectivity index (χ2v) is 8.82. The first-order chi connectivity index (χ1) is 14.7. The first-order valence-electron chi connectivity index (χ1n) is 8.91. The smallest absolute Gasteiger partial charge is 0.406 e. The van der Waals surface area contributed by atoms with Gasteiger partial charge >= 0.3 is 12.5 Å². The van der Waals surface area contributed by atoms with Crippen molar-refractivity contribution in [3.8, 4) is 28.5 Å². The molecule has 0 saturated carbocycles. The molecule has 172 valence electrons. The number of hydrogen-bond acceptors (Lipinski definition) is 5. The molecule has 0 aliphatic rings. The second-order valence-electron chi connectivity index (χ2n) is 6.57. The summed E-state index contributed by atoms with van der Waals surface area (Å²) in [7, 11) is -2.62. The summed E-state index contributed by atoms with van der Waals surface area (Å²) in [6.45, 7) is 1.29. The van der Waals surface area contributed by atoms with Crippen LogP contribution in [0.3, 0.4) is 0 Å². The lowest BCUT2D eigenvalue weighted by molar-refractivity contribution is -0.274. The van der Waals surface area contributed by atoms with Crippen molar-refractivity contribution in [2.75, 3.05) is 5.75 Å². The fourth-order valence-corrected chi connectivity index (χ4v) is 3.94. The monoisotopic (exact) mass is 479 g/mol. The maximum absolute atomic E-state index is 13.1. The molecular weight excluding hydrogens is 464 g/mol. The minimum atomic E-state index is -4.85. The molecule has 0 fully saturated rings. The van der Waals surface area contributed by atoms with Gasteiger partial charge in [0.1, 0.15) is 11.4 Å². The van der Waals surface area contributed by atoms with Gasteiger partial charge in [-0.05, 0) is 30.3 Å². The quantitative estimate of drug-likeness (QED) is 0.489. The molecule has 0 saturated heterocycles. The lowest BCUT2D eigenvalue weighted by atomic mass is 10.1. The van der Waals surface area contributed by atoms with Gasteiger partial charge in [0.25, 0.3) is 0 Å². The Morgan fingerprint density at radius 3 is 2.16 bits per heavy atom. The Morgan fingerprint density at radius 2 is 1.62 bits per heavy atom. The largest absolute Gasteiger partial charge is 0.573 e. The Kier molecular flexibility index (Phi) is 5.98. The molecule has 0 amide bonds. The lowest BCUT2D eigenvalue weighted by Gasteiger charge is -2.13. The molecule has 0 spiro atoms. The van der Waals surface area contributed by atoms with Crippen molar-refractivity contribution in [2.24, 2.45) is 7.05 Å². The van der Waals surface area contributed by atoms with Crippen molar-refractivity contribution >= 4 is 9.84 Å². The molecular formula is C19H15F6N3O3S. The van der Waals surface area contributed by atoms with Crippen LogP contribution < -0.4 is 4.74 Å². The van der Waals surface area contributed by atoms with Crippen LogP contribution in [0.1, 0.15) is 12.5 Å². The van der Waals surface area contributed by atoms with Crippen molar-refractivity contribution in [1.29, 1.82) is 0 Å². The molecule has 0 unspecified atom stereocenters. The van der Waals surface area contributed by atoms with Gasteiger partial charge in [-0.3, -0.25) is 4.98 Å². The zero-order chi connectivity index (χ0) is 23.9. The van der Waals surface area contributed by atoms with Crippen molar-refractivity contribution in [2.45, 2.75) is 24.4 Å². The SMILES string of the molecule is CCS(=O)(=O)c1cc(C(F)(F)F)cnc1-c1ncc(-c2ccc(OC(F)(F)F)cc2)n1C. The van der Waals surface area contributed by atoms with E-state index >= 15 is 0 Å². The molecule has 32 heavy (non-hydrogen) atoms. The van der Waals surface area contributed by atoms with Crippen molar-refractivity contribution in [3.63, 3.8) is 0 Å². The van der Waals surface area contributed by atoms with E-state index in [0.29, 0.717) is 23.5 Å². The summed E-state index contributed by atoms with van der Waals surface area (Å²) in [5.41, 5.74) is -0.721. The first kappa shape index (κ1) is 23.6. The molecule has 0 bridgehead atoms. The number of imidazole rings is 1. The third-order valence-electron chi connectivity index (χ3n) is 4.48. The number of hydrogen-bond donors (Lipinski definition) is 0. The number of pyridine rings is 1. The van der Waals surface area contributed by atoms with Gasteiger partial charge in [-0.15, -0.1) is 13.2 Å². The molecule has 13 heteroatoms. The molecule has 3 aromatic rings. The van der Waals surface area contributed by atoms with Crippen molar-refractivity contribution < 1.29 is 39.5 Å². The molecule has 0 atom stereocenters. The van der Waals surface area contributed by atoms with Gasteiger partial charge in [0.15, 0.2) is 15.7 Å². The molecule has 0 radical (unpaired) electrons. The minimum absolute atomic E-state index is 0.0311. The average Bonchev–Trinajstić information content (AvgIpc) is 3.07. The summed E-state index contributed by atoms with van der Waals surface area (Å²) in [5.74, 6) is -0.929. The van der Waals surface area contributed by atoms with Gasteiger partial charge in [-0.25, -0.2) is 13.4 Å². The van der Waals surface area contributed by atoms with Crippen LogP contribution in [0.4, 0.5) is 26.3 Å². The average molecular weight is 479 g/mol. The normalized spacial score (nSPS) is 12.8. The van der Waals surface area contributed by atoms with E-state index < -0.39 is 44.3 Å². The summed E-state index contributed by atoms with van der Waals surface area (Å²) in [5, 5.41) is 0. The summed E-state index contributed by atoms with van der Waals surface area (Å²) in [6, 6.07) is 5.33. The number of ether oxygens (including phenoxy) is 1. The van der Waals surface area contributed by atoms with E-state index in [4.69, 9.17) is 0 Å². The van der Waals surface area contributed by atoms with E-state index in [1.807, 2.05) is 0 Å².